The summed E-state index contributed by atoms with van der Waals surface area (Å²) in [6.07, 6.45) is 2.01. The van der Waals surface area contributed by atoms with Crippen LogP contribution < -0.4 is 11.1 Å². The van der Waals surface area contributed by atoms with Gasteiger partial charge >= 0.3 is 6.03 Å². The highest BCUT2D eigenvalue weighted by atomic mass is 16.2. The molecule has 3 N–H and O–H groups in total. The van der Waals surface area contributed by atoms with E-state index in [1.54, 1.807) is 0 Å². The summed E-state index contributed by atoms with van der Waals surface area (Å²) >= 11 is 0. The van der Waals surface area contributed by atoms with E-state index in [1.807, 2.05) is 13.0 Å². The molecule has 15 heavy (non-hydrogen) atoms. The highest BCUT2D eigenvalue weighted by molar-refractivity contribution is 5.89. The summed E-state index contributed by atoms with van der Waals surface area (Å²) in [5, 5.41) is 2.69. The normalized spacial score (nSPS) is 10.1. The molecular formula is C12H18N2O. The van der Waals surface area contributed by atoms with Gasteiger partial charge in [-0.25, -0.2) is 4.79 Å². The maximum absolute atomic E-state index is 10.9. The van der Waals surface area contributed by atoms with Gasteiger partial charge in [0.05, 0.1) is 0 Å². The number of nitrogens with two attached hydrogens (primary N) is 1. The molecule has 0 atom stereocenters. The Labute approximate surface area is 90.7 Å². The molecule has 0 unspecified atom stereocenters. The molecule has 0 aliphatic heterocycles. The van der Waals surface area contributed by atoms with Gasteiger partial charge in [0.2, 0.25) is 0 Å². The van der Waals surface area contributed by atoms with Crippen LogP contribution in [0.4, 0.5) is 10.5 Å². The van der Waals surface area contributed by atoms with E-state index in [1.165, 1.54) is 5.56 Å². The fourth-order valence-electron chi connectivity index (χ4n) is 1.82. The number of anilines is 1. The summed E-state index contributed by atoms with van der Waals surface area (Å²) in [5.41, 5.74) is 9.46. The van der Waals surface area contributed by atoms with Crippen LogP contribution in [0.15, 0.2) is 12.1 Å². The lowest BCUT2D eigenvalue weighted by Gasteiger charge is -2.13. The predicted octanol–water partition coefficient (Wildman–Crippen LogP) is 2.75. The van der Waals surface area contributed by atoms with Crippen LogP contribution in [0.25, 0.3) is 0 Å². The van der Waals surface area contributed by atoms with E-state index >= 15 is 0 Å². The van der Waals surface area contributed by atoms with E-state index in [-0.39, 0.29) is 0 Å². The van der Waals surface area contributed by atoms with Crippen LogP contribution in [0.3, 0.4) is 0 Å². The first-order valence-electron chi connectivity index (χ1n) is 5.21. The first kappa shape index (κ1) is 11.6. The number of nitrogens with one attached hydrogen (secondary N) is 1. The van der Waals surface area contributed by atoms with Crippen LogP contribution >= 0.6 is 0 Å². The van der Waals surface area contributed by atoms with Gasteiger partial charge in [-0.05, 0) is 31.4 Å². The summed E-state index contributed by atoms with van der Waals surface area (Å²) in [7, 11) is 0. The molecule has 0 fully saturated rings. The Morgan fingerprint density at radius 2 is 2.07 bits per heavy atom. The molecule has 0 aliphatic carbocycles. The summed E-state index contributed by atoms with van der Waals surface area (Å²) in [6.45, 7) is 6.16. The molecule has 1 aromatic rings. The van der Waals surface area contributed by atoms with E-state index in [9.17, 15) is 4.79 Å². The topological polar surface area (TPSA) is 55.1 Å². The molecule has 3 nitrogen and oxygen atoms in total. The molecule has 0 aliphatic rings. The lowest BCUT2D eigenvalue weighted by Crippen LogP contribution is -2.21. The van der Waals surface area contributed by atoms with Crippen molar-refractivity contribution in [2.24, 2.45) is 5.73 Å². The third-order valence-electron chi connectivity index (χ3n) is 2.33. The minimum absolute atomic E-state index is 0.501. The second-order valence-electron chi connectivity index (χ2n) is 3.86. The molecule has 0 radical (unpaired) electrons. The standard InChI is InChI=1S/C12H18N2O/c1-4-5-10-7-8(2)6-9(3)11(10)14-12(13)15/h6-7H,4-5H2,1-3H3,(H3,13,14,15). The minimum atomic E-state index is -0.501. The smallest absolute Gasteiger partial charge is 0.316 e. The number of carbonyl (C=O) groups is 1. The van der Waals surface area contributed by atoms with Gasteiger partial charge in [-0.3, -0.25) is 0 Å². The van der Waals surface area contributed by atoms with Gasteiger partial charge in [0, 0.05) is 5.69 Å². The predicted molar refractivity (Wildman–Crippen MR) is 63.1 cm³/mol. The monoisotopic (exact) mass is 206 g/mol. The summed E-state index contributed by atoms with van der Waals surface area (Å²) in [4.78, 5) is 10.9. The zero-order valence-electron chi connectivity index (χ0n) is 9.55. The van der Waals surface area contributed by atoms with Crippen molar-refractivity contribution in [1.82, 2.24) is 0 Å². The molecule has 2 amide bonds. The quantitative estimate of drug-likeness (QED) is 0.785. The van der Waals surface area contributed by atoms with Gasteiger partial charge < -0.3 is 11.1 Å². The van der Waals surface area contributed by atoms with Crippen LogP contribution in [0.5, 0.6) is 0 Å². The Morgan fingerprint density at radius 3 is 2.60 bits per heavy atom. The van der Waals surface area contributed by atoms with Gasteiger partial charge in [-0.15, -0.1) is 0 Å². The Hall–Kier alpha value is -1.51. The Balaban J connectivity index is 3.14. The van der Waals surface area contributed by atoms with Crippen LogP contribution in [0.2, 0.25) is 0 Å². The Bertz CT molecular complexity index is 372. The maximum Gasteiger partial charge on any atom is 0.316 e. The zero-order valence-corrected chi connectivity index (χ0v) is 9.55. The molecule has 1 rings (SSSR count). The Morgan fingerprint density at radius 1 is 1.40 bits per heavy atom. The SMILES string of the molecule is CCCc1cc(C)cc(C)c1NC(N)=O. The van der Waals surface area contributed by atoms with E-state index in [0.717, 1.165) is 29.7 Å². The second-order valence-corrected chi connectivity index (χ2v) is 3.86. The lowest BCUT2D eigenvalue weighted by molar-refractivity contribution is 0.259. The first-order chi connectivity index (χ1) is 7.04. The van der Waals surface area contributed by atoms with Crippen molar-refractivity contribution in [1.29, 1.82) is 0 Å². The van der Waals surface area contributed by atoms with Crippen LogP contribution in [-0.2, 0) is 6.42 Å². The summed E-state index contributed by atoms with van der Waals surface area (Å²) in [5.74, 6) is 0. The fraction of sp³-hybridized carbons (Fsp3) is 0.417. The third-order valence-corrected chi connectivity index (χ3v) is 2.33. The highest BCUT2D eigenvalue weighted by Gasteiger charge is 2.07. The summed E-state index contributed by atoms with van der Waals surface area (Å²) in [6, 6.07) is 3.64. The number of primary amides is 1. The van der Waals surface area contributed by atoms with E-state index in [4.69, 9.17) is 5.73 Å². The number of hydrogen-bond donors (Lipinski definition) is 2. The molecule has 0 saturated carbocycles. The van der Waals surface area contributed by atoms with Gasteiger partial charge in [0.25, 0.3) is 0 Å². The van der Waals surface area contributed by atoms with E-state index in [0.29, 0.717) is 0 Å². The van der Waals surface area contributed by atoms with Crippen LogP contribution in [0, 0.1) is 13.8 Å². The van der Waals surface area contributed by atoms with E-state index in [2.05, 4.69) is 25.2 Å². The number of rotatable bonds is 3. The molecule has 3 heteroatoms. The minimum Gasteiger partial charge on any atom is -0.351 e. The number of carbonyl (C=O) groups excluding carboxylic acids is 1. The molecule has 0 spiro atoms. The van der Waals surface area contributed by atoms with Crippen molar-refractivity contribution in [3.63, 3.8) is 0 Å². The second kappa shape index (κ2) is 4.82. The number of amides is 2. The van der Waals surface area contributed by atoms with Crippen molar-refractivity contribution in [2.45, 2.75) is 33.6 Å². The Kier molecular flexibility index (Phi) is 3.72. The first-order valence-corrected chi connectivity index (χ1v) is 5.21. The largest absolute Gasteiger partial charge is 0.351 e. The molecular weight excluding hydrogens is 188 g/mol. The molecule has 0 aromatic heterocycles. The molecule has 0 heterocycles. The third kappa shape index (κ3) is 2.98. The number of aryl methyl sites for hydroxylation is 3. The highest BCUT2D eigenvalue weighted by Crippen LogP contribution is 2.23. The zero-order chi connectivity index (χ0) is 11.4. The number of benzene rings is 1. The van der Waals surface area contributed by atoms with Crippen LogP contribution in [-0.4, -0.2) is 6.03 Å². The van der Waals surface area contributed by atoms with Gasteiger partial charge in [0.1, 0.15) is 0 Å². The van der Waals surface area contributed by atoms with Gasteiger partial charge in [0.15, 0.2) is 0 Å². The molecule has 1 aromatic carbocycles. The van der Waals surface area contributed by atoms with Crippen LogP contribution in [0.1, 0.15) is 30.0 Å². The van der Waals surface area contributed by atoms with Crippen molar-refractivity contribution in [3.05, 3.63) is 28.8 Å². The van der Waals surface area contributed by atoms with Crippen molar-refractivity contribution < 1.29 is 4.79 Å². The van der Waals surface area contributed by atoms with Gasteiger partial charge in [-0.2, -0.15) is 0 Å². The van der Waals surface area contributed by atoms with Crippen molar-refractivity contribution in [2.75, 3.05) is 5.32 Å². The summed E-state index contributed by atoms with van der Waals surface area (Å²) < 4.78 is 0. The fourth-order valence-corrected chi connectivity index (χ4v) is 1.82. The molecule has 0 bridgehead atoms. The van der Waals surface area contributed by atoms with Crippen molar-refractivity contribution >= 4 is 11.7 Å². The van der Waals surface area contributed by atoms with E-state index < -0.39 is 6.03 Å². The molecule has 82 valence electrons. The van der Waals surface area contributed by atoms with Gasteiger partial charge in [-0.1, -0.05) is 31.0 Å². The number of urea groups is 1. The average molecular weight is 206 g/mol. The number of hydrogen-bond acceptors (Lipinski definition) is 1. The lowest BCUT2D eigenvalue weighted by atomic mass is 10.0. The molecule has 0 saturated heterocycles. The average Bonchev–Trinajstić information content (AvgIpc) is 2.11. The maximum atomic E-state index is 10.9. The van der Waals surface area contributed by atoms with Crippen molar-refractivity contribution in [3.8, 4) is 0 Å².